The summed E-state index contributed by atoms with van der Waals surface area (Å²) in [4.78, 5) is 29.7. The number of nitrogens with zero attached hydrogens (tertiary/aromatic N) is 1. The van der Waals surface area contributed by atoms with Crippen molar-refractivity contribution in [3.05, 3.63) is 59.3 Å². The first-order valence-electron chi connectivity index (χ1n) is 9.21. The minimum Gasteiger partial charge on any atom is -0.454 e. The third-order valence-corrected chi connectivity index (χ3v) is 4.83. The number of amides is 1. The molecule has 1 aliphatic heterocycles. The molecule has 0 saturated heterocycles. The molecule has 1 amide bonds. The van der Waals surface area contributed by atoms with Gasteiger partial charge in [0.05, 0.1) is 16.8 Å². The van der Waals surface area contributed by atoms with Gasteiger partial charge in [-0.1, -0.05) is 18.2 Å². The van der Waals surface area contributed by atoms with E-state index in [1.165, 1.54) is 6.92 Å². The standard InChI is InChI=1S/C22H20N2O5/c1-12-16-6-4-5-7-17(16)23-13(2)20(12)22(26)29-14(3)21(25)24-15-8-9-18-19(10-15)28-11-27-18/h4-10,14H,11H2,1-3H3,(H,24,25)/t14-/m1/s1. The Balaban J connectivity index is 1.49. The van der Waals surface area contributed by atoms with Gasteiger partial charge in [0.25, 0.3) is 5.91 Å². The fraction of sp³-hybridized carbons (Fsp3) is 0.227. The Hall–Kier alpha value is -3.61. The molecular weight excluding hydrogens is 372 g/mol. The molecule has 148 valence electrons. The smallest absolute Gasteiger partial charge is 0.341 e. The van der Waals surface area contributed by atoms with Crippen molar-refractivity contribution >= 4 is 28.5 Å². The lowest BCUT2D eigenvalue weighted by molar-refractivity contribution is -0.123. The first-order chi connectivity index (χ1) is 13.9. The zero-order chi connectivity index (χ0) is 20.5. The molecule has 2 heterocycles. The lowest BCUT2D eigenvalue weighted by Gasteiger charge is -2.16. The van der Waals surface area contributed by atoms with Crippen molar-refractivity contribution < 1.29 is 23.8 Å². The van der Waals surface area contributed by atoms with Crippen molar-refractivity contribution in [2.75, 3.05) is 12.1 Å². The molecule has 0 bridgehead atoms. The highest BCUT2D eigenvalue weighted by molar-refractivity contribution is 6.01. The number of hydrogen-bond donors (Lipinski definition) is 1. The zero-order valence-electron chi connectivity index (χ0n) is 16.3. The highest BCUT2D eigenvalue weighted by atomic mass is 16.7. The number of benzene rings is 2. The summed E-state index contributed by atoms with van der Waals surface area (Å²) in [7, 11) is 0. The first kappa shape index (κ1) is 18.7. The number of aryl methyl sites for hydroxylation is 2. The summed E-state index contributed by atoms with van der Waals surface area (Å²) in [6.07, 6.45) is -0.988. The Morgan fingerprint density at radius 2 is 1.86 bits per heavy atom. The second-order valence-corrected chi connectivity index (χ2v) is 6.82. The fourth-order valence-corrected chi connectivity index (χ4v) is 3.32. The molecule has 0 fully saturated rings. The summed E-state index contributed by atoms with van der Waals surface area (Å²) in [5.41, 5.74) is 3.07. The van der Waals surface area contributed by atoms with Crippen LogP contribution < -0.4 is 14.8 Å². The number of pyridine rings is 1. The highest BCUT2D eigenvalue weighted by Crippen LogP contribution is 2.34. The van der Waals surface area contributed by atoms with Gasteiger partial charge in [0.15, 0.2) is 17.6 Å². The normalized spacial score (nSPS) is 13.2. The molecule has 0 unspecified atom stereocenters. The minimum absolute atomic E-state index is 0.152. The molecule has 0 aliphatic carbocycles. The van der Waals surface area contributed by atoms with Crippen LogP contribution in [0.25, 0.3) is 10.9 Å². The molecule has 1 aliphatic rings. The quantitative estimate of drug-likeness (QED) is 0.680. The van der Waals surface area contributed by atoms with E-state index in [4.69, 9.17) is 14.2 Å². The van der Waals surface area contributed by atoms with Crippen LogP contribution in [0.4, 0.5) is 5.69 Å². The second kappa shape index (κ2) is 7.43. The van der Waals surface area contributed by atoms with E-state index >= 15 is 0 Å². The van der Waals surface area contributed by atoms with Crippen molar-refractivity contribution in [3.8, 4) is 11.5 Å². The fourth-order valence-electron chi connectivity index (χ4n) is 3.32. The van der Waals surface area contributed by atoms with Gasteiger partial charge in [-0.2, -0.15) is 0 Å². The highest BCUT2D eigenvalue weighted by Gasteiger charge is 2.24. The summed E-state index contributed by atoms with van der Waals surface area (Å²) in [6, 6.07) is 12.7. The average molecular weight is 392 g/mol. The molecular formula is C22H20N2O5. The van der Waals surface area contributed by atoms with E-state index in [2.05, 4.69) is 10.3 Å². The topological polar surface area (TPSA) is 86.8 Å². The summed E-state index contributed by atoms with van der Waals surface area (Å²) < 4.78 is 16.0. The predicted molar refractivity (Wildman–Crippen MR) is 107 cm³/mol. The van der Waals surface area contributed by atoms with Crippen LogP contribution in [0.2, 0.25) is 0 Å². The number of aromatic nitrogens is 1. The van der Waals surface area contributed by atoms with E-state index < -0.39 is 18.0 Å². The van der Waals surface area contributed by atoms with Crippen LogP contribution in [-0.2, 0) is 9.53 Å². The SMILES string of the molecule is Cc1nc2ccccc2c(C)c1C(=O)O[C@H](C)C(=O)Nc1ccc2c(c1)OCO2. The number of anilines is 1. The molecule has 1 aromatic heterocycles. The van der Waals surface area contributed by atoms with Crippen LogP contribution in [0.5, 0.6) is 11.5 Å². The molecule has 4 rings (SSSR count). The number of carbonyl (C=O) groups is 2. The monoisotopic (exact) mass is 392 g/mol. The van der Waals surface area contributed by atoms with Crippen molar-refractivity contribution in [3.63, 3.8) is 0 Å². The number of hydrogen-bond acceptors (Lipinski definition) is 6. The van der Waals surface area contributed by atoms with E-state index in [-0.39, 0.29) is 6.79 Å². The van der Waals surface area contributed by atoms with Crippen molar-refractivity contribution in [1.82, 2.24) is 4.98 Å². The van der Waals surface area contributed by atoms with Crippen LogP contribution in [0, 0.1) is 13.8 Å². The maximum absolute atomic E-state index is 12.8. The molecule has 7 nitrogen and oxygen atoms in total. The Bertz CT molecular complexity index is 1130. The van der Waals surface area contributed by atoms with E-state index in [1.807, 2.05) is 31.2 Å². The van der Waals surface area contributed by atoms with Gasteiger partial charge in [-0.3, -0.25) is 9.78 Å². The number of esters is 1. The Kier molecular flexibility index (Phi) is 4.80. The molecule has 1 atom stereocenters. The summed E-state index contributed by atoms with van der Waals surface area (Å²) in [5.74, 6) is 0.158. The minimum atomic E-state index is -0.988. The van der Waals surface area contributed by atoms with E-state index in [9.17, 15) is 9.59 Å². The van der Waals surface area contributed by atoms with Gasteiger partial charge in [-0.25, -0.2) is 4.79 Å². The maximum Gasteiger partial charge on any atom is 0.341 e. The summed E-state index contributed by atoms with van der Waals surface area (Å²) in [5, 5.41) is 3.60. The third-order valence-electron chi connectivity index (χ3n) is 4.83. The predicted octanol–water partition coefficient (Wildman–Crippen LogP) is 3.76. The van der Waals surface area contributed by atoms with Gasteiger partial charge in [-0.05, 0) is 44.5 Å². The molecule has 1 N–H and O–H groups in total. The Morgan fingerprint density at radius 1 is 1.10 bits per heavy atom. The molecule has 3 aromatic rings. The number of carbonyl (C=O) groups excluding carboxylic acids is 2. The Morgan fingerprint density at radius 3 is 2.69 bits per heavy atom. The van der Waals surface area contributed by atoms with E-state index in [0.29, 0.717) is 28.4 Å². The average Bonchev–Trinajstić information content (AvgIpc) is 3.15. The largest absolute Gasteiger partial charge is 0.454 e. The molecule has 29 heavy (non-hydrogen) atoms. The summed E-state index contributed by atoms with van der Waals surface area (Å²) >= 11 is 0. The molecule has 2 aromatic carbocycles. The van der Waals surface area contributed by atoms with Crippen LogP contribution >= 0.6 is 0 Å². The molecule has 0 saturated carbocycles. The maximum atomic E-state index is 12.8. The Labute approximate surface area is 167 Å². The van der Waals surface area contributed by atoms with Crippen LogP contribution in [-0.4, -0.2) is 29.8 Å². The lowest BCUT2D eigenvalue weighted by Crippen LogP contribution is -2.30. The van der Waals surface area contributed by atoms with Crippen LogP contribution in [0.3, 0.4) is 0 Å². The second-order valence-electron chi connectivity index (χ2n) is 6.82. The van der Waals surface area contributed by atoms with Gasteiger partial charge in [0, 0.05) is 17.1 Å². The van der Waals surface area contributed by atoms with Crippen molar-refractivity contribution in [1.29, 1.82) is 0 Å². The lowest BCUT2D eigenvalue weighted by atomic mass is 10.0. The zero-order valence-corrected chi connectivity index (χ0v) is 16.3. The molecule has 7 heteroatoms. The van der Waals surface area contributed by atoms with Crippen LogP contribution in [0.15, 0.2) is 42.5 Å². The number of nitrogens with one attached hydrogen (secondary N) is 1. The molecule has 0 spiro atoms. The van der Waals surface area contributed by atoms with Gasteiger partial charge in [-0.15, -0.1) is 0 Å². The summed E-state index contributed by atoms with van der Waals surface area (Å²) in [6.45, 7) is 5.29. The third kappa shape index (κ3) is 3.59. The van der Waals surface area contributed by atoms with Gasteiger partial charge in [0.1, 0.15) is 0 Å². The van der Waals surface area contributed by atoms with E-state index in [1.54, 1.807) is 25.1 Å². The number of ether oxygens (including phenoxy) is 3. The van der Waals surface area contributed by atoms with Crippen LogP contribution in [0.1, 0.15) is 28.5 Å². The van der Waals surface area contributed by atoms with E-state index in [0.717, 1.165) is 16.5 Å². The molecule has 0 radical (unpaired) electrons. The van der Waals surface area contributed by atoms with Gasteiger partial charge < -0.3 is 19.5 Å². The number of rotatable bonds is 4. The number of para-hydroxylation sites is 1. The number of fused-ring (bicyclic) bond motifs is 2. The van der Waals surface area contributed by atoms with Crippen molar-refractivity contribution in [2.24, 2.45) is 0 Å². The van der Waals surface area contributed by atoms with Gasteiger partial charge >= 0.3 is 5.97 Å². The first-order valence-corrected chi connectivity index (χ1v) is 9.21. The van der Waals surface area contributed by atoms with Crippen molar-refractivity contribution in [2.45, 2.75) is 26.9 Å². The van der Waals surface area contributed by atoms with Gasteiger partial charge in [0.2, 0.25) is 6.79 Å².